The molecule has 0 aliphatic rings. The van der Waals surface area contributed by atoms with Gasteiger partial charge in [0.25, 0.3) is 0 Å². The van der Waals surface area contributed by atoms with Crippen LogP contribution in [-0.4, -0.2) is 17.8 Å². The quantitative estimate of drug-likeness (QED) is 0.820. The van der Waals surface area contributed by atoms with Gasteiger partial charge in [0.1, 0.15) is 0 Å². The normalized spacial score (nSPS) is 12.5. The predicted octanol–water partition coefficient (Wildman–Crippen LogP) is 3.26. The average molecular weight is 274 g/mol. The maximum Gasteiger partial charge on any atom is 0.224 e. The summed E-state index contributed by atoms with van der Waals surface area (Å²) in [6.45, 7) is 4.56. The van der Waals surface area contributed by atoms with E-state index >= 15 is 0 Å². The summed E-state index contributed by atoms with van der Waals surface area (Å²) < 4.78 is 0. The molecular weight excluding hydrogens is 257 g/mol. The zero-order valence-electron chi connectivity index (χ0n) is 10.0. The molecule has 1 unspecified atom stereocenters. The Morgan fingerprint density at radius 1 is 1.41 bits per heavy atom. The highest BCUT2D eigenvalue weighted by molar-refractivity contribution is 6.30. The standard InChI is InChI=1S/C13H17Cl2NO/c1-9(2)12(15)8-16-13(17)7-10-4-3-5-11(14)6-10/h3-6,9,12H,7-8H2,1-2H3,(H,16,17). The van der Waals surface area contributed by atoms with Crippen molar-refractivity contribution in [2.24, 2.45) is 5.92 Å². The highest BCUT2D eigenvalue weighted by Crippen LogP contribution is 2.11. The van der Waals surface area contributed by atoms with Gasteiger partial charge in [0, 0.05) is 11.6 Å². The molecule has 4 heteroatoms. The third kappa shape index (κ3) is 5.42. The molecule has 1 atom stereocenters. The van der Waals surface area contributed by atoms with Crippen LogP contribution in [0.5, 0.6) is 0 Å². The largest absolute Gasteiger partial charge is 0.354 e. The molecule has 0 saturated heterocycles. The number of nitrogens with one attached hydrogen (secondary N) is 1. The molecule has 94 valence electrons. The fourth-order valence-electron chi connectivity index (χ4n) is 1.34. The van der Waals surface area contributed by atoms with Crippen LogP contribution in [0.25, 0.3) is 0 Å². The van der Waals surface area contributed by atoms with Gasteiger partial charge in [-0.15, -0.1) is 11.6 Å². The number of carbonyl (C=O) groups excluding carboxylic acids is 1. The van der Waals surface area contributed by atoms with E-state index in [0.29, 0.717) is 23.9 Å². The van der Waals surface area contributed by atoms with E-state index in [1.165, 1.54) is 0 Å². The molecule has 1 N–H and O–H groups in total. The van der Waals surface area contributed by atoms with Gasteiger partial charge in [0.15, 0.2) is 0 Å². The summed E-state index contributed by atoms with van der Waals surface area (Å²) >= 11 is 11.9. The molecule has 0 aliphatic carbocycles. The van der Waals surface area contributed by atoms with Gasteiger partial charge < -0.3 is 5.32 Å². The summed E-state index contributed by atoms with van der Waals surface area (Å²) in [6.07, 6.45) is 0.336. The fraction of sp³-hybridized carbons (Fsp3) is 0.462. The van der Waals surface area contributed by atoms with Gasteiger partial charge in [0.05, 0.1) is 11.8 Å². The van der Waals surface area contributed by atoms with E-state index in [1.807, 2.05) is 26.0 Å². The summed E-state index contributed by atoms with van der Waals surface area (Å²) in [5.41, 5.74) is 0.908. The molecule has 1 amide bonds. The minimum atomic E-state index is -0.0293. The summed E-state index contributed by atoms with van der Waals surface area (Å²) in [4.78, 5) is 11.6. The lowest BCUT2D eigenvalue weighted by atomic mass is 10.1. The lowest BCUT2D eigenvalue weighted by Gasteiger charge is -2.14. The number of rotatable bonds is 5. The van der Waals surface area contributed by atoms with Gasteiger partial charge in [0.2, 0.25) is 5.91 Å². The minimum absolute atomic E-state index is 0.0291. The number of alkyl halides is 1. The predicted molar refractivity (Wildman–Crippen MR) is 72.6 cm³/mol. The van der Waals surface area contributed by atoms with Crippen LogP contribution in [0.2, 0.25) is 5.02 Å². The van der Waals surface area contributed by atoms with E-state index < -0.39 is 0 Å². The zero-order valence-corrected chi connectivity index (χ0v) is 11.6. The Balaban J connectivity index is 2.40. The van der Waals surface area contributed by atoms with E-state index in [2.05, 4.69) is 5.32 Å². The molecule has 0 aromatic heterocycles. The van der Waals surface area contributed by atoms with E-state index in [-0.39, 0.29) is 11.3 Å². The number of benzene rings is 1. The van der Waals surface area contributed by atoms with Gasteiger partial charge in [-0.25, -0.2) is 0 Å². The van der Waals surface area contributed by atoms with E-state index in [1.54, 1.807) is 12.1 Å². The molecule has 0 saturated carbocycles. The molecule has 0 fully saturated rings. The lowest BCUT2D eigenvalue weighted by Crippen LogP contribution is -2.32. The Kier molecular flexibility index (Phi) is 5.79. The molecular formula is C13H17Cl2NO. The van der Waals surface area contributed by atoms with Gasteiger partial charge in [-0.1, -0.05) is 37.6 Å². The van der Waals surface area contributed by atoms with Crippen molar-refractivity contribution in [3.8, 4) is 0 Å². The monoisotopic (exact) mass is 273 g/mol. The molecule has 2 nitrogen and oxygen atoms in total. The van der Waals surface area contributed by atoms with Crippen molar-refractivity contribution in [3.63, 3.8) is 0 Å². The fourth-order valence-corrected chi connectivity index (χ4v) is 1.63. The zero-order chi connectivity index (χ0) is 12.8. The Morgan fingerprint density at radius 3 is 2.71 bits per heavy atom. The van der Waals surface area contributed by atoms with Crippen LogP contribution >= 0.6 is 23.2 Å². The van der Waals surface area contributed by atoms with Crippen molar-refractivity contribution >= 4 is 29.1 Å². The van der Waals surface area contributed by atoms with Crippen LogP contribution < -0.4 is 5.32 Å². The Hall–Kier alpha value is -0.730. The Morgan fingerprint density at radius 2 is 2.12 bits per heavy atom. The van der Waals surface area contributed by atoms with Gasteiger partial charge in [-0.05, 0) is 23.6 Å². The summed E-state index contributed by atoms with van der Waals surface area (Å²) in [6, 6.07) is 7.30. The van der Waals surface area contributed by atoms with Gasteiger partial charge >= 0.3 is 0 Å². The topological polar surface area (TPSA) is 29.1 Å². The van der Waals surface area contributed by atoms with Crippen molar-refractivity contribution in [2.75, 3.05) is 6.54 Å². The summed E-state index contributed by atoms with van der Waals surface area (Å²) in [5.74, 6) is 0.321. The first-order chi connectivity index (χ1) is 7.99. The molecule has 0 radical (unpaired) electrons. The lowest BCUT2D eigenvalue weighted by molar-refractivity contribution is -0.120. The van der Waals surface area contributed by atoms with Crippen LogP contribution in [0, 0.1) is 5.92 Å². The number of halogens is 2. The van der Waals surface area contributed by atoms with Crippen molar-refractivity contribution in [1.29, 1.82) is 0 Å². The van der Waals surface area contributed by atoms with Crippen molar-refractivity contribution in [3.05, 3.63) is 34.9 Å². The van der Waals surface area contributed by atoms with Crippen LogP contribution in [0.3, 0.4) is 0 Å². The third-order valence-electron chi connectivity index (χ3n) is 2.47. The molecule has 0 bridgehead atoms. The van der Waals surface area contributed by atoms with Crippen LogP contribution in [0.1, 0.15) is 19.4 Å². The third-order valence-corrected chi connectivity index (χ3v) is 3.36. The molecule has 1 aromatic rings. The first-order valence-corrected chi connectivity index (χ1v) is 6.45. The first-order valence-electron chi connectivity index (χ1n) is 5.64. The second-order valence-electron chi connectivity index (χ2n) is 4.37. The molecule has 0 aliphatic heterocycles. The second-order valence-corrected chi connectivity index (χ2v) is 5.37. The number of carbonyl (C=O) groups is 1. The molecule has 0 heterocycles. The van der Waals surface area contributed by atoms with Crippen molar-refractivity contribution in [1.82, 2.24) is 5.32 Å². The summed E-state index contributed by atoms with van der Waals surface area (Å²) in [5, 5.41) is 3.43. The highest BCUT2D eigenvalue weighted by Gasteiger charge is 2.11. The maximum absolute atomic E-state index is 11.6. The SMILES string of the molecule is CC(C)C(Cl)CNC(=O)Cc1cccc(Cl)c1. The van der Waals surface area contributed by atoms with E-state index in [9.17, 15) is 4.79 Å². The number of amides is 1. The average Bonchev–Trinajstić information content (AvgIpc) is 2.25. The van der Waals surface area contributed by atoms with Gasteiger partial charge in [-0.3, -0.25) is 4.79 Å². The first kappa shape index (κ1) is 14.3. The van der Waals surface area contributed by atoms with Gasteiger partial charge in [-0.2, -0.15) is 0 Å². The Labute approximate surface area is 112 Å². The molecule has 0 spiro atoms. The molecule has 1 aromatic carbocycles. The minimum Gasteiger partial charge on any atom is -0.354 e. The van der Waals surface area contributed by atoms with Crippen LogP contribution in [0.4, 0.5) is 0 Å². The summed E-state index contributed by atoms with van der Waals surface area (Å²) in [7, 11) is 0. The van der Waals surface area contributed by atoms with Crippen molar-refractivity contribution < 1.29 is 4.79 Å². The van der Waals surface area contributed by atoms with Crippen molar-refractivity contribution in [2.45, 2.75) is 25.6 Å². The van der Waals surface area contributed by atoms with E-state index in [4.69, 9.17) is 23.2 Å². The number of hydrogen-bond donors (Lipinski definition) is 1. The maximum atomic E-state index is 11.6. The molecule has 1 rings (SSSR count). The van der Waals surface area contributed by atoms with Crippen LogP contribution in [0.15, 0.2) is 24.3 Å². The second kappa shape index (κ2) is 6.87. The smallest absolute Gasteiger partial charge is 0.224 e. The number of hydrogen-bond acceptors (Lipinski definition) is 1. The van der Waals surface area contributed by atoms with E-state index in [0.717, 1.165) is 5.56 Å². The Bertz CT molecular complexity index is 379. The highest BCUT2D eigenvalue weighted by atomic mass is 35.5. The van der Waals surface area contributed by atoms with Crippen LogP contribution in [-0.2, 0) is 11.2 Å². The molecule has 17 heavy (non-hydrogen) atoms.